The van der Waals surface area contributed by atoms with Crippen molar-refractivity contribution in [3.05, 3.63) is 66.3 Å². The van der Waals surface area contributed by atoms with Gasteiger partial charge < -0.3 is 4.98 Å². The zero-order chi connectivity index (χ0) is 21.7. The van der Waals surface area contributed by atoms with Gasteiger partial charge in [0.15, 0.2) is 5.78 Å². The Morgan fingerprint density at radius 3 is 2.59 bits per heavy atom. The van der Waals surface area contributed by atoms with Gasteiger partial charge in [-0.15, -0.1) is 11.3 Å². The van der Waals surface area contributed by atoms with Crippen molar-refractivity contribution < 1.29 is 4.79 Å². The van der Waals surface area contributed by atoms with Gasteiger partial charge in [0.25, 0.3) is 0 Å². The van der Waals surface area contributed by atoms with Gasteiger partial charge in [-0.05, 0) is 37.3 Å². The monoisotopic (exact) mass is 437 g/mol. The molecule has 9 heteroatoms. The van der Waals surface area contributed by atoms with E-state index < -0.39 is 0 Å². The number of H-pyrrole nitrogens is 2. The Morgan fingerprint density at radius 1 is 0.938 bits per heavy atom. The summed E-state index contributed by atoms with van der Waals surface area (Å²) in [6.07, 6.45) is 8.49. The van der Waals surface area contributed by atoms with Crippen LogP contribution in [-0.2, 0) is 0 Å². The number of aromatic amines is 2. The fourth-order valence-corrected chi connectivity index (χ4v) is 4.66. The van der Waals surface area contributed by atoms with Crippen LogP contribution in [0.5, 0.6) is 0 Å². The fraction of sp³-hybridized carbons (Fsp3) is 0.0435. The Labute approximate surface area is 185 Å². The maximum absolute atomic E-state index is 11.7. The molecule has 0 amide bonds. The molecule has 0 unspecified atom stereocenters. The molecule has 0 aliphatic heterocycles. The summed E-state index contributed by atoms with van der Waals surface area (Å²) in [6.45, 7) is 1.57. The van der Waals surface area contributed by atoms with Crippen molar-refractivity contribution in [1.82, 2.24) is 35.1 Å². The van der Waals surface area contributed by atoms with Gasteiger partial charge in [0, 0.05) is 40.4 Å². The number of carbonyl (C=O) groups excluding carboxylic acids is 1. The highest BCUT2D eigenvalue weighted by Crippen LogP contribution is 2.36. The summed E-state index contributed by atoms with van der Waals surface area (Å²) < 4.78 is 0. The number of aromatic nitrogens is 7. The quantitative estimate of drug-likeness (QED) is 0.380. The van der Waals surface area contributed by atoms with E-state index in [9.17, 15) is 4.79 Å². The smallest absolute Gasteiger partial charge is 0.169 e. The minimum absolute atomic E-state index is 0.0550. The molecule has 32 heavy (non-hydrogen) atoms. The Kier molecular flexibility index (Phi) is 4.15. The van der Waals surface area contributed by atoms with Crippen molar-refractivity contribution in [2.75, 3.05) is 0 Å². The molecule has 0 bridgehead atoms. The van der Waals surface area contributed by atoms with Gasteiger partial charge in [-0.2, -0.15) is 5.10 Å². The highest BCUT2D eigenvalue weighted by Gasteiger charge is 2.16. The number of rotatable bonds is 4. The largest absolute Gasteiger partial charge is 0.353 e. The molecule has 0 aromatic carbocycles. The number of nitrogens with one attached hydrogen (secondary N) is 2. The van der Waals surface area contributed by atoms with Crippen LogP contribution < -0.4 is 0 Å². The molecule has 0 saturated heterocycles. The summed E-state index contributed by atoms with van der Waals surface area (Å²) in [5.74, 6) is 0.0550. The molecule has 6 rings (SSSR count). The second-order valence-electron chi connectivity index (χ2n) is 7.34. The minimum Gasteiger partial charge on any atom is -0.353 e. The Bertz CT molecular complexity index is 1610. The lowest BCUT2D eigenvalue weighted by atomic mass is 10.1. The van der Waals surface area contributed by atoms with Gasteiger partial charge in [0.2, 0.25) is 0 Å². The lowest BCUT2D eigenvalue weighted by molar-refractivity contribution is 0.102. The van der Waals surface area contributed by atoms with Crippen LogP contribution in [-0.4, -0.2) is 40.9 Å². The van der Waals surface area contributed by atoms with E-state index in [1.807, 2.05) is 30.3 Å². The molecule has 0 atom stereocenters. The van der Waals surface area contributed by atoms with E-state index in [0.717, 1.165) is 59.9 Å². The number of hydrogen-bond acceptors (Lipinski definition) is 7. The molecule has 0 fully saturated rings. The van der Waals surface area contributed by atoms with E-state index in [1.54, 1.807) is 31.7 Å². The molecule has 6 heterocycles. The average molecular weight is 437 g/mol. The average Bonchev–Trinajstić information content (AvgIpc) is 3.56. The van der Waals surface area contributed by atoms with E-state index in [0.29, 0.717) is 0 Å². The third-order valence-corrected chi connectivity index (χ3v) is 6.49. The van der Waals surface area contributed by atoms with Crippen LogP contribution in [0.4, 0.5) is 0 Å². The molecule has 0 saturated carbocycles. The van der Waals surface area contributed by atoms with Crippen LogP contribution in [0.3, 0.4) is 0 Å². The van der Waals surface area contributed by atoms with E-state index in [-0.39, 0.29) is 5.78 Å². The summed E-state index contributed by atoms with van der Waals surface area (Å²) >= 11 is 1.45. The maximum atomic E-state index is 11.7. The van der Waals surface area contributed by atoms with Crippen molar-refractivity contribution in [3.8, 4) is 33.2 Å². The van der Waals surface area contributed by atoms with Crippen LogP contribution in [0.15, 0.2) is 61.4 Å². The summed E-state index contributed by atoms with van der Waals surface area (Å²) in [4.78, 5) is 34.1. The molecule has 0 spiro atoms. The Hall–Kier alpha value is -4.24. The summed E-state index contributed by atoms with van der Waals surface area (Å²) in [7, 11) is 0. The normalized spacial score (nSPS) is 11.4. The number of thiophene rings is 1. The highest BCUT2D eigenvalue weighted by molar-refractivity contribution is 7.17. The van der Waals surface area contributed by atoms with E-state index >= 15 is 0 Å². The lowest BCUT2D eigenvalue weighted by Gasteiger charge is -2.00. The second kappa shape index (κ2) is 7.17. The summed E-state index contributed by atoms with van der Waals surface area (Å²) in [5, 5.41) is 9.51. The van der Waals surface area contributed by atoms with Gasteiger partial charge in [-0.25, -0.2) is 9.97 Å². The zero-order valence-electron chi connectivity index (χ0n) is 16.8. The van der Waals surface area contributed by atoms with Crippen molar-refractivity contribution in [2.24, 2.45) is 0 Å². The Morgan fingerprint density at radius 2 is 1.78 bits per heavy atom. The molecule has 6 aromatic rings. The van der Waals surface area contributed by atoms with Crippen molar-refractivity contribution in [3.63, 3.8) is 0 Å². The van der Waals surface area contributed by atoms with Crippen molar-refractivity contribution >= 4 is 38.9 Å². The molecule has 6 aromatic heterocycles. The second-order valence-corrected chi connectivity index (χ2v) is 8.42. The molecule has 0 aliphatic carbocycles. The van der Waals surface area contributed by atoms with E-state index in [2.05, 4.69) is 35.1 Å². The number of carbonyl (C=O) groups is 1. The van der Waals surface area contributed by atoms with Gasteiger partial charge in [-0.3, -0.25) is 19.9 Å². The third-order valence-electron chi connectivity index (χ3n) is 5.29. The first-order valence-electron chi connectivity index (χ1n) is 9.86. The van der Waals surface area contributed by atoms with Gasteiger partial charge in [-0.1, -0.05) is 0 Å². The summed E-state index contributed by atoms with van der Waals surface area (Å²) in [6, 6.07) is 9.76. The van der Waals surface area contributed by atoms with Crippen molar-refractivity contribution in [1.29, 1.82) is 0 Å². The highest BCUT2D eigenvalue weighted by atomic mass is 32.1. The SMILES string of the molecule is CC(=O)c1ccc(-c2nccc3[nH]c(-c4n[nH]c5cnc(-c6cncnc6)cc45)cc23)s1. The number of ketones is 1. The fourth-order valence-electron chi connectivity index (χ4n) is 3.74. The first kappa shape index (κ1) is 18.5. The zero-order valence-corrected chi connectivity index (χ0v) is 17.6. The van der Waals surface area contributed by atoms with Crippen LogP contribution in [0.1, 0.15) is 16.6 Å². The number of Topliss-reactive ketones (excluding diaryl/α,β-unsaturated/α-hetero) is 1. The maximum Gasteiger partial charge on any atom is 0.169 e. The van der Waals surface area contributed by atoms with Crippen LogP contribution in [0.25, 0.3) is 55.0 Å². The molecule has 154 valence electrons. The van der Waals surface area contributed by atoms with Crippen LogP contribution in [0, 0.1) is 0 Å². The molecular formula is C23H15N7OS. The predicted molar refractivity (Wildman–Crippen MR) is 123 cm³/mol. The summed E-state index contributed by atoms with van der Waals surface area (Å²) in [5.41, 5.74) is 5.89. The first-order valence-corrected chi connectivity index (χ1v) is 10.7. The van der Waals surface area contributed by atoms with Gasteiger partial charge >= 0.3 is 0 Å². The number of nitrogens with zero attached hydrogens (tertiary/aromatic N) is 5. The van der Waals surface area contributed by atoms with E-state index in [1.165, 1.54) is 17.7 Å². The molecule has 8 nitrogen and oxygen atoms in total. The van der Waals surface area contributed by atoms with Gasteiger partial charge in [0.05, 0.1) is 38.5 Å². The first-order chi connectivity index (χ1) is 15.7. The molecule has 2 N–H and O–H groups in total. The molecule has 0 radical (unpaired) electrons. The molecular weight excluding hydrogens is 422 g/mol. The number of hydrogen-bond donors (Lipinski definition) is 2. The standard InChI is InChI=1S/C23H15N7OS/c1-12(31)20-2-3-21(32-20)23-14-7-18(28-16(14)4-5-26-23)22-15-6-17(13-8-24-11-25-9-13)27-10-19(15)29-30-22/h2-11,28H,1H3,(H,29,30). The number of pyridine rings is 2. The van der Waals surface area contributed by atoms with Crippen molar-refractivity contribution in [2.45, 2.75) is 6.92 Å². The topological polar surface area (TPSA) is 113 Å². The van der Waals surface area contributed by atoms with Crippen LogP contribution >= 0.6 is 11.3 Å². The van der Waals surface area contributed by atoms with Gasteiger partial charge in [0.1, 0.15) is 12.0 Å². The van der Waals surface area contributed by atoms with Crippen LogP contribution in [0.2, 0.25) is 0 Å². The minimum atomic E-state index is 0.0550. The van der Waals surface area contributed by atoms with E-state index in [4.69, 9.17) is 0 Å². The lowest BCUT2D eigenvalue weighted by Crippen LogP contribution is -1.86. The Balaban J connectivity index is 1.49. The third kappa shape index (κ3) is 2.98. The predicted octanol–water partition coefficient (Wildman–Crippen LogP) is 4.89. The molecule has 0 aliphatic rings. The number of fused-ring (bicyclic) bond motifs is 2.